The number of hydrogen-bond acceptors (Lipinski definition) is 2. The number of nitrogens with zero attached hydrogens (tertiary/aromatic N) is 3. The summed E-state index contributed by atoms with van der Waals surface area (Å²) in [6, 6.07) is 21.0. The van der Waals surface area contributed by atoms with Crippen molar-refractivity contribution >= 4 is 0 Å². The zero-order chi connectivity index (χ0) is 26.0. The summed E-state index contributed by atoms with van der Waals surface area (Å²) in [5.41, 5.74) is 1.45. The quantitative estimate of drug-likeness (QED) is 0.188. The molecule has 0 saturated heterocycles. The minimum absolute atomic E-state index is 0.0786. The Bertz CT molecular complexity index is 1380. The van der Waals surface area contributed by atoms with E-state index in [0.717, 1.165) is 6.07 Å². The van der Waals surface area contributed by atoms with Crippen LogP contribution in [0.4, 0.5) is 22.0 Å². The first-order valence-electron chi connectivity index (χ1n) is 11.9. The van der Waals surface area contributed by atoms with Crippen LogP contribution in [0.25, 0.3) is 11.1 Å². The third-order valence-electron chi connectivity index (χ3n) is 6.55. The van der Waals surface area contributed by atoms with Gasteiger partial charge >= 0.3 is 6.18 Å². The lowest BCUT2D eigenvalue weighted by molar-refractivity contribution is -0.138. The van der Waals surface area contributed by atoms with Crippen LogP contribution in [0.1, 0.15) is 34.7 Å². The molecule has 1 aliphatic heterocycles. The molecule has 3 nitrogen and oxygen atoms in total. The third-order valence-corrected chi connectivity index (χ3v) is 6.55. The van der Waals surface area contributed by atoms with E-state index in [0.29, 0.717) is 22.3 Å². The summed E-state index contributed by atoms with van der Waals surface area (Å²) in [6.07, 6.45) is -0.869. The molecule has 3 aromatic carbocycles. The Morgan fingerprint density at radius 1 is 0.892 bits per heavy atom. The predicted octanol–water partition coefficient (Wildman–Crippen LogP) is 7.74. The number of alkyl halides is 5. The molecule has 0 radical (unpaired) electrons. The molecule has 1 aliphatic rings. The maximum atomic E-state index is 15.8. The second kappa shape index (κ2) is 10.2. The minimum Gasteiger partial charge on any atom is -0.344 e. The highest BCUT2D eigenvalue weighted by molar-refractivity contribution is 5.66. The van der Waals surface area contributed by atoms with Gasteiger partial charge in [0.1, 0.15) is 6.17 Å². The summed E-state index contributed by atoms with van der Waals surface area (Å²) < 4.78 is 72.3. The van der Waals surface area contributed by atoms with Crippen molar-refractivity contribution in [2.45, 2.75) is 25.2 Å². The Morgan fingerprint density at radius 3 is 2.38 bits per heavy atom. The smallest absolute Gasteiger partial charge is 0.344 e. The molecule has 190 valence electrons. The van der Waals surface area contributed by atoms with Crippen molar-refractivity contribution in [3.8, 4) is 11.1 Å². The van der Waals surface area contributed by atoms with Gasteiger partial charge in [0, 0.05) is 29.8 Å². The Hall–Kier alpha value is -3.94. The highest BCUT2D eigenvalue weighted by Crippen LogP contribution is 2.38. The van der Waals surface area contributed by atoms with Crippen molar-refractivity contribution in [3.05, 3.63) is 126 Å². The Kier molecular flexibility index (Phi) is 6.82. The van der Waals surface area contributed by atoms with Crippen LogP contribution in [-0.2, 0) is 12.7 Å². The van der Waals surface area contributed by atoms with Crippen LogP contribution in [0.2, 0.25) is 0 Å². The lowest BCUT2D eigenvalue weighted by Gasteiger charge is -2.25. The molecule has 0 spiro atoms. The van der Waals surface area contributed by atoms with Crippen molar-refractivity contribution < 1.29 is 22.0 Å². The zero-order valence-electron chi connectivity index (χ0n) is 19.7. The monoisotopic (exact) mass is 509 g/mol. The Labute approximate surface area is 211 Å². The van der Waals surface area contributed by atoms with Gasteiger partial charge in [-0.1, -0.05) is 78.9 Å². The van der Waals surface area contributed by atoms with Crippen LogP contribution in [0, 0.1) is 5.92 Å². The third kappa shape index (κ3) is 5.28. The molecule has 0 amide bonds. The fourth-order valence-electron chi connectivity index (χ4n) is 4.67. The van der Waals surface area contributed by atoms with Gasteiger partial charge < -0.3 is 4.90 Å². The van der Waals surface area contributed by atoms with Crippen molar-refractivity contribution in [1.29, 1.82) is 0 Å². The summed E-state index contributed by atoms with van der Waals surface area (Å²) >= 11 is 0. The first kappa shape index (κ1) is 24.7. The largest absolute Gasteiger partial charge is 0.416 e. The highest BCUT2D eigenvalue weighted by atomic mass is 19.4. The molecule has 2 heterocycles. The van der Waals surface area contributed by atoms with E-state index in [1.165, 1.54) is 27.9 Å². The summed E-state index contributed by atoms with van der Waals surface area (Å²) in [4.78, 5) is 1.46. The van der Waals surface area contributed by atoms with Gasteiger partial charge in [-0.3, -0.25) is 4.68 Å². The molecule has 1 aromatic heterocycles. The second-order valence-electron chi connectivity index (χ2n) is 9.02. The number of benzene rings is 3. The molecule has 0 aliphatic carbocycles. The minimum atomic E-state index is -4.47. The molecule has 3 atom stereocenters. The van der Waals surface area contributed by atoms with E-state index in [9.17, 15) is 13.2 Å². The van der Waals surface area contributed by atoms with Gasteiger partial charge in [0.05, 0.1) is 18.3 Å². The van der Waals surface area contributed by atoms with Gasteiger partial charge in [0.15, 0.2) is 6.30 Å². The van der Waals surface area contributed by atoms with E-state index < -0.39 is 30.1 Å². The van der Waals surface area contributed by atoms with Crippen molar-refractivity contribution in [1.82, 2.24) is 14.7 Å². The van der Waals surface area contributed by atoms with Gasteiger partial charge in [0.25, 0.3) is 0 Å². The second-order valence-corrected chi connectivity index (χ2v) is 9.02. The van der Waals surface area contributed by atoms with Crippen LogP contribution in [0.5, 0.6) is 0 Å². The summed E-state index contributed by atoms with van der Waals surface area (Å²) in [7, 11) is 0. The number of halogens is 5. The summed E-state index contributed by atoms with van der Waals surface area (Å²) in [5.74, 6) is -0.482. The molecule has 37 heavy (non-hydrogen) atoms. The van der Waals surface area contributed by atoms with Gasteiger partial charge in [0.2, 0.25) is 0 Å². The van der Waals surface area contributed by atoms with Gasteiger partial charge in [-0.25, -0.2) is 8.78 Å². The standard InChI is InChI=1S/C29H24F5N3/c30-27(20-8-2-1-3-9-20)22-14-15-36(17-22)28(31)25-12-6-5-11-24(25)23-16-35-37(19-23)18-21-10-4-7-13-26(21)29(32,33)34/h1-16,19,22,27-28H,17-18H2. The lowest BCUT2D eigenvalue weighted by Crippen LogP contribution is -2.23. The van der Waals surface area contributed by atoms with E-state index in [2.05, 4.69) is 5.10 Å². The summed E-state index contributed by atoms with van der Waals surface area (Å²) in [5, 5.41) is 4.23. The van der Waals surface area contributed by atoms with E-state index >= 15 is 8.78 Å². The van der Waals surface area contributed by atoms with Crippen molar-refractivity contribution in [2.24, 2.45) is 5.92 Å². The van der Waals surface area contributed by atoms with E-state index in [-0.39, 0.29) is 18.7 Å². The average molecular weight is 510 g/mol. The number of hydrogen-bond donors (Lipinski definition) is 0. The predicted molar refractivity (Wildman–Crippen MR) is 132 cm³/mol. The van der Waals surface area contributed by atoms with Crippen LogP contribution < -0.4 is 0 Å². The molecular weight excluding hydrogens is 485 g/mol. The maximum absolute atomic E-state index is 15.8. The normalized spacial score (nSPS) is 17.2. The first-order valence-corrected chi connectivity index (χ1v) is 11.9. The topological polar surface area (TPSA) is 21.1 Å². The van der Waals surface area contributed by atoms with Gasteiger partial charge in [-0.15, -0.1) is 0 Å². The molecule has 0 saturated carbocycles. The number of aromatic nitrogens is 2. The SMILES string of the molecule is FC(c1ccccc1)C1C=CN(C(F)c2ccccc2-c2cnn(Cc3ccccc3C(F)(F)F)c2)C1. The Balaban J connectivity index is 1.34. The molecule has 8 heteroatoms. The van der Waals surface area contributed by atoms with Crippen LogP contribution in [-0.4, -0.2) is 21.2 Å². The molecule has 4 aromatic rings. The lowest BCUT2D eigenvalue weighted by atomic mass is 9.98. The van der Waals surface area contributed by atoms with Crippen molar-refractivity contribution in [2.75, 3.05) is 6.54 Å². The molecule has 0 fully saturated rings. The fourth-order valence-corrected chi connectivity index (χ4v) is 4.67. The zero-order valence-corrected chi connectivity index (χ0v) is 19.7. The van der Waals surface area contributed by atoms with Gasteiger partial charge in [-0.2, -0.15) is 18.3 Å². The van der Waals surface area contributed by atoms with Gasteiger partial charge in [-0.05, 0) is 29.0 Å². The molecule has 0 bridgehead atoms. The van der Waals surface area contributed by atoms with E-state index in [1.54, 1.807) is 73.1 Å². The maximum Gasteiger partial charge on any atom is 0.416 e. The summed E-state index contributed by atoms with van der Waals surface area (Å²) in [6.45, 7) is 0.101. The number of rotatable bonds is 7. The molecule has 3 unspecified atom stereocenters. The van der Waals surface area contributed by atoms with Crippen LogP contribution in [0.3, 0.4) is 0 Å². The van der Waals surface area contributed by atoms with Crippen LogP contribution in [0.15, 0.2) is 104 Å². The van der Waals surface area contributed by atoms with E-state index in [1.807, 2.05) is 6.07 Å². The molecular formula is C29H24F5N3. The highest BCUT2D eigenvalue weighted by Gasteiger charge is 2.33. The first-order chi connectivity index (χ1) is 17.8. The average Bonchev–Trinajstić information content (AvgIpc) is 3.58. The van der Waals surface area contributed by atoms with E-state index in [4.69, 9.17) is 0 Å². The van der Waals surface area contributed by atoms with Crippen molar-refractivity contribution in [3.63, 3.8) is 0 Å². The Morgan fingerprint density at radius 2 is 1.59 bits per heavy atom. The molecule has 0 N–H and O–H groups in total. The fraction of sp³-hybridized carbons (Fsp3) is 0.207. The van der Waals surface area contributed by atoms with Crippen LogP contribution >= 0.6 is 0 Å². The molecule has 5 rings (SSSR count).